The molecule has 1 fully saturated rings. The Hall–Kier alpha value is -3.07. The second-order valence-corrected chi connectivity index (χ2v) is 7.29. The summed E-state index contributed by atoms with van der Waals surface area (Å²) >= 11 is 1.35. The molecule has 1 atom stereocenters. The highest BCUT2D eigenvalue weighted by Gasteiger charge is 2.39. The Balaban J connectivity index is 1.58. The number of rotatable bonds is 5. The maximum atomic E-state index is 13.2. The fraction of sp³-hybridized carbons (Fsp3) is 0.316. The number of hydrogen-bond donors (Lipinski definition) is 0. The van der Waals surface area contributed by atoms with Gasteiger partial charge in [0, 0.05) is 25.0 Å². The lowest BCUT2D eigenvalue weighted by molar-refractivity contribution is -0.141. The van der Waals surface area contributed by atoms with Gasteiger partial charge in [-0.05, 0) is 12.5 Å². The highest BCUT2D eigenvalue weighted by molar-refractivity contribution is 7.07. The number of amides is 2. The first-order chi connectivity index (χ1) is 13.6. The smallest absolute Gasteiger partial charge is 0.274 e. The van der Waals surface area contributed by atoms with Crippen molar-refractivity contribution < 1.29 is 14.1 Å². The van der Waals surface area contributed by atoms with Crippen LogP contribution in [0.2, 0.25) is 0 Å². The Kier molecular flexibility index (Phi) is 5.16. The molecule has 28 heavy (non-hydrogen) atoms. The van der Waals surface area contributed by atoms with Gasteiger partial charge in [0.2, 0.25) is 11.8 Å². The van der Waals surface area contributed by atoms with Gasteiger partial charge in [-0.1, -0.05) is 35.5 Å². The SMILES string of the molecule is Cc1noc(CC2C(=O)N(Cc3ccccc3)CCN2C(=O)c2cscn2)n1. The van der Waals surface area contributed by atoms with Crippen molar-refractivity contribution in [3.05, 3.63) is 64.2 Å². The van der Waals surface area contributed by atoms with Crippen molar-refractivity contribution in [2.24, 2.45) is 0 Å². The van der Waals surface area contributed by atoms with Crippen molar-refractivity contribution in [2.75, 3.05) is 13.1 Å². The van der Waals surface area contributed by atoms with Gasteiger partial charge in [0.1, 0.15) is 11.7 Å². The highest BCUT2D eigenvalue weighted by atomic mass is 32.1. The average Bonchev–Trinajstić information content (AvgIpc) is 3.37. The van der Waals surface area contributed by atoms with Gasteiger partial charge in [0.15, 0.2) is 5.82 Å². The summed E-state index contributed by atoms with van der Waals surface area (Å²) in [5.74, 6) is 0.454. The van der Waals surface area contributed by atoms with E-state index >= 15 is 0 Å². The van der Waals surface area contributed by atoms with E-state index in [1.54, 1.807) is 27.6 Å². The van der Waals surface area contributed by atoms with E-state index in [4.69, 9.17) is 4.52 Å². The number of piperazine rings is 1. The van der Waals surface area contributed by atoms with Crippen LogP contribution >= 0.6 is 11.3 Å². The summed E-state index contributed by atoms with van der Waals surface area (Å²) < 4.78 is 5.20. The third-order valence-corrected chi connectivity index (χ3v) is 5.24. The predicted molar refractivity (Wildman–Crippen MR) is 102 cm³/mol. The molecule has 8 nitrogen and oxygen atoms in total. The van der Waals surface area contributed by atoms with Crippen LogP contribution in [-0.2, 0) is 17.8 Å². The Morgan fingerprint density at radius 2 is 2.11 bits per heavy atom. The monoisotopic (exact) mass is 397 g/mol. The number of carbonyl (C=O) groups excluding carboxylic acids is 2. The van der Waals surface area contributed by atoms with Crippen molar-refractivity contribution in [3.8, 4) is 0 Å². The van der Waals surface area contributed by atoms with Gasteiger partial charge >= 0.3 is 0 Å². The number of hydrogen-bond acceptors (Lipinski definition) is 7. The van der Waals surface area contributed by atoms with Crippen LogP contribution in [0.15, 0.2) is 45.7 Å². The van der Waals surface area contributed by atoms with E-state index in [9.17, 15) is 9.59 Å². The molecule has 144 valence electrons. The Morgan fingerprint density at radius 3 is 2.79 bits per heavy atom. The molecular formula is C19H19N5O3S. The maximum Gasteiger partial charge on any atom is 0.274 e. The van der Waals surface area contributed by atoms with E-state index < -0.39 is 6.04 Å². The Bertz CT molecular complexity index is 957. The molecular weight excluding hydrogens is 378 g/mol. The van der Waals surface area contributed by atoms with Gasteiger partial charge in [-0.3, -0.25) is 9.59 Å². The molecule has 1 unspecified atom stereocenters. The number of thiazole rings is 1. The molecule has 0 N–H and O–H groups in total. The molecule has 1 aromatic carbocycles. The van der Waals surface area contributed by atoms with Crippen LogP contribution in [0.5, 0.6) is 0 Å². The fourth-order valence-corrected chi connectivity index (χ4v) is 3.82. The molecule has 2 aromatic heterocycles. The van der Waals surface area contributed by atoms with E-state index in [2.05, 4.69) is 15.1 Å². The van der Waals surface area contributed by atoms with Crippen LogP contribution in [0.4, 0.5) is 0 Å². The lowest BCUT2D eigenvalue weighted by Gasteiger charge is -2.40. The minimum absolute atomic E-state index is 0.130. The molecule has 9 heteroatoms. The van der Waals surface area contributed by atoms with Crippen molar-refractivity contribution in [1.82, 2.24) is 24.9 Å². The molecule has 3 heterocycles. The zero-order valence-corrected chi connectivity index (χ0v) is 16.1. The highest BCUT2D eigenvalue weighted by Crippen LogP contribution is 2.20. The van der Waals surface area contributed by atoms with E-state index in [1.807, 2.05) is 30.3 Å². The van der Waals surface area contributed by atoms with Crippen molar-refractivity contribution in [2.45, 2.75) is 25.9 Å². The minimum atomic E-state index is -0.702. The molecule has 1 aliphatic rings. The summed E-state index contributed by atoms with van der Waals surface area (Å²) in [7, 11) is 0. The maximum absolute atomic E-state index is 13.2. The standard InChI is InChI=1S/C19H19N5O3S/c1-13-21-17(27-22-13)9-16-19(26)23(10-14-5-3-2-4-6-14)7-8-24(16)18(25)15-11-28-12-20-15/h2-6,11-12,16H,7-10H2,1H3. The summed E-state index contributed by atoms with van der Waals surface area (Å²) in [5, 5.41) is 5.48. The molecule has 1 aliphatic heterocycles. The second-order valence-electron chi connectivity index (χ2n) is 6.57. The Morgan fingerprint density at radius 1 is 1.29 bits per heavy atom. The van der Waals surface area contributed by atoms with Gasteiger partial charge < -0.3 is 14.3 Å². The Labute approximate surface area is 165 Å². The number of nitrogens with zero attached hydrogens (tertiary/aromatic N) is 5. The van der Waals surface area contributed by atoms with Crippen LogP contribution in [0, 0.1) is 6.92 Å². The molecule has 0 aliphatic carbocycles. The van der Waals surface area contributed by atoms with Gasteiger partial charge in [0.05, 0.1) is 11.9 Å². The van der Waals surface area contributed by atoms with Gasteiger partial charge in [-0.2, -0.15) is 4.98 Å². The first-order valence-corrected chi connectivity index (χ1v) is 9.87. The van der Waals surface area contributed by atoms with Crippen LogP contribution in [0.1, 0.15) is 27.8 Å². The zero-order valence-electron chi connectivity index (χ0n) is 15.3. The van der Waals surface area contributed by atoms with Crippen molar-refractivity contribution in [1.29, 1.82) is 0 Å². The van der Waals surface area contributed by atoms with Gasteiger partial charge in [-0.15, -0.1) is 11.3 Å². The molecule has 1 saturated heterocycles. The van der Waals surface area contributed by atoms with Crippen molar-refractivity contribution >= 4 is 23.2 Å². The minimum Gasteiger partial charge on any atom is -0.339 e. The van der Waals surface area contributed by atoms with E-state index in [0.29, 0.717) is 37.0 Å². The molecule has 0 spiro atoms. The number of aryl methyl sites for hydroxylation is 1. The first kappa shape index (κ1) is 18.3. The zero-order chi connectivity index (χ0) is 19.5. The third-order valence-electron chi connectivity index (χ3n) is 4.65. The van der Waals surface area contributed by atoms with E-state index in [0.717, 1.165) is 5.56 Å². The summed E-state index contributed by atoms with van der Waals surface area (Å²) in [6.07, 6.45) is 0.181. The molecule has 0 saturated carbocycles. The molecule has 2 amide bonds. The molecule has 3 aromatic rings. The topological polar surface area (TPSA) is 92.4 Å². The molecule has 0 radical (unpaired) electrons. The second kappa shape index (κ2) is 7.89. The number of aromatic nitrogens is 3. The summed E-state index contributed by atoms with van der Waals surface area (Å²) in [6.45, 7) is 3.10. The summed E-state index contributed by atoms with van der Waals surface area (Å²) in [5.41, 5.74) is 3.00. The first-order valence-electron chi connectivity index (χ1n) is 8.93. The summed E-state index contributed by atoms with van der Waals surface area (Å²) in [4.78, 5) is 37.8. The van der Waals surface area contributed by atoms with Gasteiger partial charge in [-0.25, -0.2) is 4.98 Å². The third kappa shape index (κ3) is 3.79. The van der Waals surface area contributed by atoms with Crippen LogP contribution in [0.25, 0.3) is 0 Å². The van der Waals surface area contributed by atoms with Crippen molar-refractivity contribution in [3.63, 3.8) is 0 Å². The van der Waals surface area contributed by atoms with Gasteiger partial charge in [0.25, 0.3) is 5.91 Å². The molecule has 4 rings (SSSR count). The molecule has 0 bridgehead atoms. The quantitative estimate of drug-likeness (QED) is 0.653. The van der Waals surface area contributed by atoms with Crippen LogP contribution < -0.4 is 0 Å². The summed E-state index contributed by atoms with van der Waals surface area (Å²) in [6, 6.07) is 9.09. The van der Waals surface area contributed by atoms with Crippen LogP contribution in [0.3, 0.4) is 0 Å². The predicted octanol–water partition coefficient (Wildman–Crippen LogP) is 1.93. The van der Waals surface area contributed by atoms with E-state index in [-0.39, 0.29) is 18.2 Å². The fourth-order valence-electron chi connectivity index (χ4n) is 3.29. The largest absolute Gasteiger partial charge is 0.339 e. The van der Waals surface area contributed by atoms with E-state index in [1.165, 1.54) is 11.3 Å². The number of carbonyl (C=O) groups is 2. The average molecular weight is 397 g/mol. The normalized spacial score (nSPS) is 17.2. The van der Waals surface area contributed by atoms with Crippen LogP contribution in [-0.4, -0.2) is 55.9 Å². The number of benzene rings is 1. The lowest BCUT2D eigenvalue weighted by atomic mass is 10.1. The lowest BCUT2D eigenvalue weighted by Crippen LogP contribution is -2.59.